The summed E-state index contributed by atoms with van der Waals surface area (Å²) in [5.41, 5.74) is 3.61. The predicted molar refractivity (Wildman–Crippen MR) is 117 cm³/mol. The predicted octanol–water partition coefficient (Wildman–Crippen LogP) is 3.07. The van der Waals surface area contributed by atoms with Crippen molar-refractivity contribution >= 4 is 26.9 Å². The van der Waals surface area contributed by atoms with E-state index in [9.17, 15) is 13.7 Å². The van der Waals surface area contributed by atoms with Crippen LogP contribution in [0.5, 0.6) is 0 Å². The minimum atomic E-state index is -3.34. The third-order valence-electron chi connectivity index (χ3n) is 5.26. The molecule has 0 amide bonds. The molecule has 0 spiro atoms. The van der Waals surface area contributed by atoms with Gasteiger partial charge in [-0.3, -0.25) is 0 Å². The summed E-state index contributed by atoms with van der Waals surface area (Å²) in [5.74, 6) is 0.704. The molecule has 4 rings (SSSR count). The van der Waals surface area contributed by atoms with Gasteiger partial charge in [0.1, 0.15) is 5.69 Å². The summed E-state index contributed by atoms with van der Waals surface area (Å²) in [6.45, 7) is 4.53. The zero-order valence-corrected chi connectivity index (χ0v) is 17.7. The fourth-order valence-corrected chi connectivity index (χ4v) is 4.49. The van der Waals surface area contributed by atoms with Crippen LogP contribution in [0.15, 0.2) is 48.5 Å². The van der Waals surface area contributed by atoms with Crippen LogP contribution in [0.4, 0.5) is 5.82 Å². The van der Waals surface area contributed by atoms with Gasteiger partial charge in [0, 0.05) is 24.7 Å². The van der Waals surface area contributed by atoms with Gasteiger partial charge in [0.05, 0.1) is 27.9 Å². The minimum absolute atomic E-state index is 0.177. The zero-order valence-electron chi connectivity index (χ0n) is 16.9. The van der Waals surface area contributed by atoms with Crippen LogP contribution in [0.25, 0.3) is 22.3 Å². The number of benzene rings is 2. The highest BCUT2D eigenvalue weighted by Gasteiger charge is 2.30. The first kappa shape index (κ1) is 20.3. The maximum absolute atomic E-state index is 12.3. The molecule has 7 nitrogen and oxygen atoms in total. The number of hydrogen-bond donors (Lipinski definition) is 1. The lowest BCUT2D eigenvalue weighted by Crippen LogP contribution is -2.40. The van der Waals surface area contributed by atoms with E-state index in [4.69, 9.17) is 9.97 Å². The quantitative estimate of drug-likeness (QED) is 0.680. The highest BCUT2D eigenvalue weighted by molar-refractivity contribution is 7.90. The third-order valence-corrected chi connectivity index (χ3v) is 7.16. The Labute approximate surface area is 176 Å². The number of nitrogens with zero attached hydrogens (tertiary/aromatic N) is 4. The molecule has 1 atom stereocenters. The third kappa shape index (κ3) is 3.99. The molecule has 1 N–H and O–H groups in total. The van der Waals surface area contributed by atoms with Gasteiger partial charge in [0.2, 0.25) is 10.0 Å². The summed E-state index contributed by atoms with van der Waals surface area (Å²) in [7, 11) is -3.34. The topological polar surface area (TPSA) is 99.0 Å². The summed E-state index contributed by atoms with van der Waals surface area (Å²) < 4.78 is 27.4. The standard InChI is InChI=1S/C22H23N5O2S/c1-15(2)30(28,29)26-18-10-11-27(14-18)22-21(17-7-5-6-16(12-17)13-23)24-19-8-3-4-9-20(19)25-22/h3-9,12,15,18,26H,10-11,14H2,1-2H3. The Bertz CT molecular complexity index is 1230. The van der Waals surface area contributed by atoms with Crippen molar-refractivity contribution in [3.8, 4) is 17.3 Å². The van der Waals surface area contributed by atoms with Gasteiger partial charge in [-0.25, -0.2) is 23.1 Å². The number of nitrogens with one attached hydrogen (secondary N) is 1. The first-order valence-electron chi connectivity index (χ1n) is 9.91. The van der Waals surface area contributed by atoms with Crippen LogP contribution < -0.4 is 9.62 Å². The number of fused-ring (bicyclic) bond motifs is 1. The van der Waals surface area contributed by atoms with Crippen molar-refractivity contribution in [3.05, 3.63) is 54.1 Å². The van der Waals surface area contributed by atoms with Crippen LogP contribution >= 0.6 is 0 Å². The van der Waals surface area contributed by atoms with Crippen LogP contribution in [0.1, 0.15) is 25.8 Å². The molecular weight excluding hydrogens is 398 g/mol. The minimum Gasteiger partial charge on any atom is -0.353 e. The molecule has 1 unspecified atom stereocenters. The average Bonchev–Trinajstić information content (AvgIpc) is 3.20. The van der Waals surface area contributed by atoms with Crippen molar-refractivity contribution in [2.45, 2.75) is 31.6 Å². The molecule has 30 heavy (non-hydrogen) atoms. The van der Waals surface area contributed by atoms with Crippen molar-refractivity contribution < 1.29 is 8.42 Å². The molecule has 1 aromatic heterocycles. The molecule has 1 aliphatic rings. The van der Waals surface area contributed by atoms with Crippen molar-refractivity contribution in [3.63, 3.8) is 0 Å². The lowest BCUT2D eigenvalue weighted by molar-refractivity contribution is 0.553. The van der Waals surface area contributed by atoms with E-state index in [1.165, 1.54) is 0 Å². The largest absolute Gasteiger partial charge is 0.353 e. The highest BCUT2D eigenvalue weighted by atomic mass is 32.2. The number of hydrogen-bond acceptors (Lipinski definition) is 6. The highest BCUT2D eigenvalue weighted by Crippen LogP contribution is 2.32. The van der Waals surface area contributed by atoms with E-state index < -0.39 is 15.3 Å². The maximum atomic E-state index is 12.3. The molecule has 154 valence electrons. The Kier molecular flexibility index (Phi) is 5.41. The summed E-state index contributed by atoms with van der Waals surface area (Å²) in [6, 6.07) is 17.0. The van der Waals surface area contributed by atoms with Crippen molar-refractivity contribution in [2.75, 3.05) is 18.0 Å². The van der Waals surface area contributed by atoms with Gasteiger partial charge in [-0.1, -0.05) is 24.3 Å². The number of nitriles is 1. The molecule has 0 saturated carbocycles. The Morgan fingerprint density at radius 3 is 2.57 bits per heavy atom. The van der Waals surface area contributed by atoms with E-state index in [-0.39, 0.29) is 6.04 Å². The molecule has 2 heterocycles. The second-order valence-electron chi connectivity index (χ2n) is 7.72. The number of rotatable bonds is 5. The van der Waals surface area contributed by atoms with Gasteiger partial charge >= 0.3 is 0 Å². The first-order chi connectivity index (χ1) is 14.4. The van der Waals surface area contributed by atoms with Crippen LogP contribution in [0, 0.1) is 11.3 Å². The zero-order chi connectivity index (χ0) is 21.3. The lowest BCUT2D eigenvalue weighted by Gasteiger charge is -2.21. The average molecular weight is 422 g/mol. The molecule has 0 radical (unpaired) electrons. The molecule has 2 aromatic carbocycles. The second-order valence-corrected chi connectivity index (χ2v) is 9.99. The Morgan fingerprint density at radius 1 is 1.13 bits per heavy atom. The molecule has 3 aromatic rings. The van der Waals surface area contributed by atoms with Crippen LogP contribution in [-0.2, 0) is 10.0 Å². The van der Waals surface area contributed by atoms with Crippen LogP contribution in [-0.4, -0.2) is 42.8 Å². The monoisotopic (exact) mass is 421 g/mol. The number of sulfonamides is 1. The van der Waals surface area contributed by atoms with Gasteiger partial charge in [-0.15, -0.1) is 0 Å². The van der Waals surface area contributed by atoms with E-state index in [1.807, 2.05) is 36.4 Å². The van der Waals surface area contributed by atoms with E-state index >= 15 is 0 Å². The summed E-state index contributed by atoms with van der Waals surface area (Å²) >= 11 is 0. The van der Waals surface area contributed by atoms with Gasteiger partial charge in [-0.05, 0) is 44.5 Å². The van der Waals surface area contributed by atoms with Crippen LogP contribution in [0.3, 0.4) is 0 Å². The maximum Gasteiger partial charge on any atom is 0.214 e. The summed E-state index contributed by atoms with van der Waals surface area (Å²) in [6.07, 6.45) is 0.693. The Balaban J connectivity index is 1.74. The number of aromatic nitrogens is 2. The molecule has 8 heteroatoms. The van der Waals surface area contributed by atoms with E-state index in [0.29, 0.717) is 36.6 Å². The summed E-state index contributed by atoms with van der Waals surface area (Å²) in [4.78, 5) is 11.8. The molecular formula is C22H23N5O2S. The summed E-state index contributed by atoms with van der Waals surface area (Å²) in [5, 5.41) is 8.81. The molecule has 0 bridgehead atoms. The molecule has 1 saturated heterocycles. The first-order valence-corrected chi connectivity index (χ1v) is 11.5. The SMILES string of the molecule is CC(C)S(=O)(=O)NC1CCN(c2nc3ccccc3nc2-c2cccc(C#N)c2)C1. The normalized spacial score (nSPS) is 16.9. The van der Waals surface area contributed by atoms with E-state index in [0.717, 1.165) is 16.6 Å². The number of para-hydroxylation sites is 2. The van der Waals surface area contributed by atoms with E-state index in [2.05, 4.69) is 15.7 Å². The number of anilines is 1. The second kappa shape index (κ2) is 8.01. The lowest BCUT2D eigenvalue weighted by atomic mass is 10.1. The van der Waals surface area contributed by atoms with Crippen molar-refractivity contribution in [1.29, 1.82) is 5.26 Å². The van der Waals surface area contributed by atoms with Gasteiger partial charge in [0.15, 0.2) is 5.82 Å². The van der Waals surface area contributed by atoms with Gasteiger partial charge in [-0.2, -0.15) is 5.26 Å². The Morgan fingerprint density at radius 2 is 1.87 bits per heavy atom. The van der Waals surface area contributed by atoms with E-state index in [1.54, 1.807) is 26.0 Å². The van der Waals surface area contributed by atoms with Crippen molar-refractivity contribution in [1.82, 2.24) is 14.7 Å². The smallest absolute Gasteiger partial charge is 0.214 e. The van der Waals surface area contributed by atoms with Gasteiger partial charge < -0.3 is 4.90 Å². The van der Waals surface area contributed by atoms with Crippen LogP contribution in [0.2, 0.25) is 0 Å². The molecule has 1 fully saturated rings. The fraction of sp³-hybridized carbons (Fsp3) is 0.318. The van der Waals surface area contributed by atoms with Crippen molar-refractivity contribution in [2.24, 2.45) is 0 Å². The molecule has 0 aliphatic carbocycles. The fourth-order valence-electron chi connectivity index (χ4n) is 3.56. The molecule has 1 aliphatic heterocycles. The van der Waals surface area contributed by atoms with Gasteiger partial charge in [0.25, 0.3) is 0 Å². The Hall–Kier alpha value is -3.02.